The summed E-state index contributed by atoms with van der Waals surface area (Å²) in [6, 6.07) is 76.2. The van der Waals surface area contributed by atoms with Crippen LogP contribution in [0.1, 0.15) is 5.48 Å². The lowest BCUT2D eigenvalue weighted by atomic mass is 9.93. The number of rotatable bonds is 8. The molecule has 0 N–H and O–H groups in total. The van der Waals surface area contributed by atoms with E-state index in [2.05, 4.69) is 140 Å². The van der Waals surface area contributed by atoms with Gasteiger partial charge >= 0.3 is 0 Å². The molecule has 0 aliphatic rings. The highest BCUT2D eigenvalue weighted by Crippen LogP contribution is 2.41. The molecule has 0 atom stereocenters. The largest absolute Gasteiger partial charge is 0.311 e. The van der Waals surface area contributed by atoms with E-state index in [0.29, 0.717) is 16.9 Å². The van der Waals surface area contributed by atoms with Crippen LogP contribution in [-0.2, 0) is 0 Å². The van der Waals surface area contributed by atoms with Crippen LogP contribution in [0, 0.1) is 0 Å². The van der Waals surface area contributed by atoms with Gasteiger partial charge in [0.25, 0.3) is 0 Å². The van der Waals surface area contributed by atoms with Crippen molar-refractivity contribution in [2.24, 2.45) is 0 Å². The molecule has 11 rings (SSSR count). The Morgan fingerprint density at radius 1 is 0.246 bits per heavy atom. The maximum Gasteiger partial charge on any atom is 0.0645 e. The number of nitrogens with zero attached hydrogens (tertiary/aromatic N) is 1. The zero-order valence-corrected chi connectivity index (χ0v) is 33.3. The van der Waals surface area contributed by atoms with Crippen molar-refractivity contribution in [3.63, 3.8) is 0 Å². The molecular weight excluding hydrogens is 735 g/mol. The summed E-state index contributed by atoms with van der Waals surface area (Å²) in [5.74, 6) is 0. The standard InChI is InChI=1S/C60H41N/c1-2-13-42(14-3-1)47-18-10-19-48(39-47)43-27-33-52(34-28-43)61(54-37-31-46(32-38-54)60-41-51-16-5-7-23-57(51)58-24-8-9-25-59(58)60)53-35-29-44(30-36-53)49-20-11-21-50(40-49)56-26-12-17-45-15-4-6-22-55(45)56/h1-41H/i31D,32D,37D,38D. The summed E-state index contributed by atoms with van der Waals surface area (Å²) in [4.78, 5) is 1.86. The zero-order chi connectivity index (χ0) is 44.0. The highest BCUT2D eigenvalue weighted by Gasteiger charge is 2.16. The van der Waals surface area contributed by atoms with Crippen LogP contribution in [0.25, 0.3) is 88.0 Å². The average Bonchev–Trinajstić information content (AvgIpc) is 3.37. The molecule has 0 aliphatic heterocycles. The van der Waals surface area contributed by atoms with Crippen LogP contribution in [0.15, 0.2) is 249 Å². The van der Waals surface area contributed by atoms with Gasteiger partial charge in [0, 0.05) is 17.1 Å². The molecule has 1 heteroatoms. The fraction of sp³-hybridized carbons (Fsp3) is 0. The lowest BCUT2D eigenvalue weighted by molar-refractivity contribution is 1.28. The summed E-state index contributed by atoms with van der Waals surface area (Å²) >= 11 is 0. The molecule has 0 heterocycles. The highest BCUT2D eigenvalue weighted by atomic mass is 15.1. The third kappa shape index (κ3) is 6.93. The molecule has 0 saturated carbocycles. The Balaban J connectivity index is 1.04. The van der Waals surface area contributed by atoms with Gasteiger partial charge in [-0.1, -0.05) is 194 Å². The first-order valence-electron chi connectivity index (χ1n) is 22.7. The average molecular weight is 780 g/mol. The van der Waals surface area contributed by atoms with Crippen molar-refractivity contribution in [2.45, 2.75) is 0 Å². The van der Waals surface area contributed by atoms with Gasteiger partial charge in [-0.3, -0.25) is 0 Å². The SMILES string of the molecule is [2H]c1c([2H])c(N(c2ccc(-c3cccc(-c4ccccc4)c3)cc2)c2ccc(-c3cccc(-c4cccc5ccccc45)c3)cc2)c([2H])c([2H])c1-c1cc2ccccc2c2ccccc12. The van der Waals surface area contributed by atoms with E-state index >= 15 is 0 Å². The van der Waals surface area contributed by atoms with Crippen molar-refractivity contribution in [1.29, 1.82) is 0 Å². The fourth-order valence-corrected chi connectivity index (χ4v) is 8.68. The zero-order valence-electron chi connectivity index (χ0n) is 37.3. The summed E-state index contributed by atoms with van der Waals surface area (Å²) in [6.45, 7) is 0. The van der Waals surface area contributed by atoms with Crippen molar-refractivity contribution in [2.75, 3.05) is 4.90 Å². The first kappa shape index (κ1) is 31.9. The molecule has 0 spiro atoms. The molecule has 1 nitrogen and oxygen atoms in total. The van der Waals surface area contributed by atoms with Crippen LogP contribution in [0.3, 0.4) is 0 Å². The first-order chi connectivity index (χ1) is 31.9. The van der Waals surface area contributed by atoms with Crippen LogP contribution in [-0.4, -0.2) is 0 Å². The van der Waals surface area contributed by atoms with Gasteiger partial charge in [0.1, 0.15) is 0 Å². The Hall–Kier alpha value is -8.00. The molecule has 0 bridgehead atoms. The molecule has 0 saturated heterocycles. The quantitative estimate of drug-likeness (QED) is 0.139. The van der Waals surface area contributed by atoms with Crippen molar-refractivity contribution < 1.29 is 5.48 Å². The second-order valence-corrected chi connectivity index (χ2v) is 15.4. The van der Waals surface area contributed by atoms with Gasteiger partial charge in [0.15, 0.2) is 0 Å². The molecule has 11 aromatic rings. The Bertz CT molecular complexity index is 3550. The van der Waals surface area contributed by atoms with Gasteiger partial charge in [-0.15, -0.1) is 0 Å². The number of benzene rings is 11. The predicted molar refractivity (Wildman–Crippen MR) is 261 cm³/mol. The van der Waals surface area contributed by atoms with Gasteiger partial charge < -0.3 is 4.90 Å². The lowest BCUT2D eigenvalue weighted by Crippen LogP contribution is -2.09. The van der Waals surface area contributed by atoms with Gasteiger partial charge in [-0.05, 0) is 143 Å². The Morgan fingerprint density at radius 3 is 1.36 bits per heavy atom. The lowest BCUT2D eigenvalue weighted by Gasteiger charge is -2.26. The van der Waals surface area contributed by atoms with E-state index in [-0.39, 0.29) is 35.4 Å². The number of anilines is 3. The molecule has 0 amide bonds. The normalized spacial score (nSPS) is 12.2. The minimum Gasteiger partial charge on any atom is -0.311 e. The summed E-state index contributed by atoms with van der Waals surface area (Å²) in [5.41, 5.74) is 11.3. The third-order valence-corrected chi connectivity index (χ3v) is 11.7. The Kier molecular flexibility index (Phi) is 8.18. The number of hydrogen-bond acceptors (Lipinski definition) is 1. The minimum absolute atomic E-state index is 0.0948. The smallest absolute Gasteiger partial charge is 0.0645 e. The van der Waals surface area contributed by atoms with Crippen molar-refractivity contribution in [3.05, 3.63) is 249 Å². The summed E-state index contributed by atoms with van der Waals surface area (Å²) in [7, 11) is 0. The van der Waals surface area contributed by atoms with E-state index in [1.165, 1.54) is 16.3 Å². The van der Waals surface area contributed by atoms with Crippen LogP contribution in [0.5, 0.6) is 0 Å². The van der Waals surface area contributed by atoms with E-state index in [0.717, 1.165) is 60.5 Å². The molecule has 0 aromatic heterocycles. The Labute approximate surface area is 362 Å². The monoisotopic (exact) mass is 779 g/mol. The molecule has 286 valence electrons. The van der Waals surface area contributed by atoms with E-state index < -0.39 is 0 Å². The molecular formula is C60H41N. The molecule has 11 aromatic carbocycles. The van der Waals surface area contributed by atoms with Crippen molar-refractivity contribution in [1.82, 2.24) is 0 Å². The molecule has 61 heavy (non-hydrogen) atoms. The Morgan fingerprint density at radius 2 is 0.705 bits per heavy atom. The molecule has 0 radical (unpaired) electrons. The molecule has 0 fully saturated rings. The van der Waals surface area contributed by atoms with Crippen LogP contribution < -0.4 is 4.90 Å². The molecule has 0 unspecified atom stereocenters. The second-order valence-electron chi connectivity index (χ2n) is 15.4. The second kappa shape index (κ2) is 15.6. The van der Waals surface area contributed by atoms with Crippen molar-refractivity contribution in [3.8, 4) is 55.6 Å². The summed E-state index contributed by atoms with van der Waals surface area (Å²) in [5, 5.41) is 6.32. The van der Waals surface area contributed by atoms with Crippen LogP contribution in [0.2, 0.25) is 0 Å². The summed E-state index contributed by atoms with van der Waals surface area (Å²) in [6.07, 6.45) is 0. The number of fused-ring (bicyclic) bond motifs is 4. The maximum atomic E-state index is 9.71. The van der Waals surface area contributed by atoms with E-state index in [9.17, 15) is 5.48 Å². The predicted octanol–water partition coefficient (Wildman–Crippen LogP) is 17.0. The number of hydrogen-bond donors (Lipinski definition) is 0. The van der Waals surface area contributed by atoms with Gasteiger partial charge in [0.2, 0.25) is 0 Å². The maximum absolute atomic E-state index is 9.71. The molecule has 0 aliphatic carbocycles. The van der Waals surface area contributed by atoms with E-state index in [4.69, 9.17) is 0 Å². The minimum atomic E-state index is -0.121. The fourth-order valence-electron chi connectivity index (χ4n) is 8.68. The van der Waals surface area contributed by atoms with Crippen LogP contribution in [0.4, 0.5) is 17.1 Å². The van der Waals surface area contributed by atoms with E-state index in [1.54, 1.807) is 0 Å². The van der Waals surface area contributed by atoms with Crippen molar-refractivity contribution >= 4 is 49.4 Å². The van der Waals surface area contributed by atoms with Gasteiger partial charge in [0.05, 0.1) is 5.48 Å². The topological polar surface area (TPSA) is 3.24 Å². The first-order valence-corrected chi connectivity index (χ1v) is 20.7. The van der Waals surface area contributed by atoms with Gasteiger partial charge in [-0.25, -0.2) is 0 Å². The summed E-state index contributed by atoms with van der Waals surface area (Å²) < 4.78 is 38.7. The van der Waals surface area contributed by atoms with E-state index in [1.807, 2.05) is 89.8 Å². The van der Waals surface area contributed by atoms with Crippen LogP contribution >= 0.6 is 0 Å². The van der Waals surface area contributed by atoms with Gasteiger partial charge in [-0.2, -0.15) is 0 Å². The highest BCUT2D eigenvalue weighted by molar-refractivity contribution is 6.13. The third-order valence-electron chi connectivity index (χ3n) is 11.7.